The van der Waals surface area contributed by atoms with Gasteiger partial charge in [-0.2, -0.15) is 4.98 Å². The molecule has 0 unspecified atom stereocenters. The molecule has 33 heavy (non-hydrogen) atoms. The molecule has 0 radical (unpaired) electrons. The molecule has 10 heteroatoms. The van der Waals surface area contributed by atoms with Crippen molar-refractivity contribution in [1.82, 2.24) is 25.5 Å². The van der Waals surface area contributed by atoms with Crippen LogP contribution in [-0.2, 0) is 9.53 Å². The van der Waals surface area contributed by atoms with E-state index in [1.807, 2.05) is 35.2 Å². The van der Waals surface area contributed by atoms with Crippen LogP contribution in [0.1, 0.15) is 40.9 Å². The molecule has 1 saturated heterocycles. The smallest absolute Gasteiger partial charge is 0.273 e. The fourth-order valence-electron chi connectivity index (χ4n) is 4.52. The summed E-state index contributed by atoms with van der Waals surface area (Å²) in [4.78, 5) is 32.4. The zero-order valence-electron chi connectivity index (χ0n) is 18.3. The van der Waals surface area contributed by atoms with Crippen molar-refractivity contribution in [3.8, 4) is 11.4 Å². The second-order valence-electron chi connectivity index (χ2n) is 8.44. The highest BCUT2D eigenvalue weighted by Gasteiger charge is 2.44. The highest BCUT2D eigenvalue weighted by Crippen LogP contribution is 2.39. The average Bonchev–Trinajstić information content (AvgIpc) is 3.59. The van der Waals surface area contributed by atoms with Crippen molar-refractivity contribution in [2.75, 3.05) is 26.3 Å². The van der Waals surface area contributed by atoms with Crippen LogP contribution in [0.3, 0.4) is 0 Å². The third-order valence-electron chi connectivity index (χ3n) is 6.20. The molecular weight excluding hydrogens is 426 g/mol. The van der Waals surface area contributed by atoms with Crippen molar-refractivity contribution in [3.05, 3.63) is 53.7 Å². The first-order valence-corrected chi connectivity index (χ1v) is 11.1. The molecule has 1 saturated carbocycles. The van der Waals surface area contributed by atoms with Gasteiger partial charge in [-0.25, -0.2) is 0 Å². The molecule has 5 rings (SSSR count). The number of ether oxygens (including phenoxy) is 1. The number of carbonyl (C=O) groups excluding carboxylic acids is 2. The molecule has 3 atom stereocenters. The summed E-state index contributed by atoms with van der Waals surface area (Å²) in [7, 11) is 0. The summed E-state index contributed by atoms with van der Waals surface area (Å²) < 4.78 is 16.0. The lowest BCUT2D eigenvalue weighted by molar-refractivity contribution is -0.139. The van der Waals surface area contributed by atoms with Crippen molar-refractivity contribution in [2.45, 2.75) is 31.7 Å². The van der Waals surface area contributed by atoms with E-state index in [0.29, 0.717) is 56.6 Å². The van der Waals surface area contributed by atoms with Gasteiger partial charge in [0, 0.05) is 36.7 Å². The fraction of sp³-hybridized carbons (Fsp3) is 0.435. The number of hydrogen-bond acceptors (Lipinski definition) is 8. The molecule has 1 N–H and O–H groups in total. The standard InChI is InChI=1S/C23H25N5O5/c1-14-11-19(26-32-14)21(29)24-18-13-16(23(30)28-7-9-31-10-8-28)12-17(18)22-25-20(27-33-22)15-5-3-2-4-6-15/h2-6,11,16-18H,7-10,12-13H2,1H3,(H,24,29)/t16-,17-,18+/m1/s1. The SMILES string of the molecule is Cc1cc(C(=O)N[C@H]2C[C@H](C(=O)N3CCOCC3)C[C@H]2c2nc(-c3ccccc3)no2)no1. The molecule has 0 spiro atoms. The van der Waals surface area contributed by atoms with Crippen molar-refractivity contribution < 1.29 is 23.4 Å². The highest BCUT2D eigenvalue weighted by molar-refractivity contribution is 5.92. The van der Waals surface area contributed by atoms with Crippen molar-refractivity contribution in [1.29, 1.82) is 0 Å². The Morgan fingerprint density at radius 1 is 1.06 bits per heavy atom. The summed E-state index contributed by atoms with van der Waals surface area (Å²) in [6.07, 6.45) is 0.988. The minimum atomic E-state index is -0.357. The van der Waals surface area contributed by atoms with Crippen LogP contribution in [0.4, 0.5) is 0 Å². The molecule has 10 nitrogen and oxygen atoms in total. The molecule has 2 aliphatic rings. The Labute approximate surface area is 190 Å². The molecule has 3 heterocycles. The van der Waals surface area contributed by atoms with E-state index in [1.165, 1.54) is 0 Å². The maximum atomic E-state index is 13.2. The van der Waals surface area contributed by atoms with Crippen molar-refractivity contribution >= 4 is 11.8 Å². The predicted octanol–water partition coefficient (Wildman–Crippen LogP) is 2.18. The van der Waals surface area contributed by atoms with Gasteiger partial charge in [-0.15, -0.1) is 0 Å². The van der Waals surface area contributed by atoms with Gasteiger partial charge in [0.25, 0.3) is 5.91 Å². The van der Waals surface area contributed by atoms with E-state index in [1.54, 1.807) is 13.0 Å². The van der Waals surface area contributed by atoms with E-state index in [0.717, 1.165) is 5.56 Å². The van der Waals surface area contributed by atoms with Crippen LogP contribution >= 0.6 is 0 Å². The maximum Gasteiger partial charge on any atom is 0.273 e. The average molecular weight is 451 g/mol. The first-order chi connectivity index (χ1) is 16.1. The quantitative estimate of drug-likeness (QED) is 0.626. The van der Waals surface area contributed by atoms with E-state index in [9.17, 15) is 9.59 Å². The summed E-state index contributed by atoms with van der Waals surface area (Å²) in [6.45, 7) is 3.96. The van der Waals surface area contributed by atoms with Gasteiger partial charge in [-0.3, -0.25) is 9.59 Å². The molecule has 0 bridgehead atoms. The lowest BCUT2D eigenvalue weighted by atomic mass is 10.0. The van der Waals surface area contributed by atoms with Crippen LogP contribution in [0.25, 0.3) is 11.4 Å². The van der Waals surface area contributed by atoms with Crippen molar-refractivity contribution in [2.24, 2.45) is 5.92 Å². The number of aryl methyl sites for hydroxylation is 1. The van der Waals surface area contributed by atoms with Crippen LogP contribution < -0.4 is 5.32 Å². The molecule has 1 aromatic carbocycles. The van der Waals surface area contributed by atoms with Crippen LogP contribution in [-0.4, -0.2) is 64.4 Å². The van der Waals surface area contributed by atoms with E-state index in [-0.39, 0.29) is 35.4 Å². The Morgan fingerprint density at radius 3 is 2.58 bits per heavy atom. The monoisotopic (exact) mass is 451 g/mol. The van der Waals surface area contributed by atoms with Gasteiger partial charge in [-0.1, -0.05) is 40.6 Å². The minimum absolute atomic E-state index is 0.0696. The number of nitrogens with zero attached hydrogens (tertiary/aromatic N) is 4. The van der Waals surface area contributed by atoms with Gasteiger partial charge in [0.05, 0.1) is 19.1 Å². The Morgan fingerprint density at radius 2 is 1.85 bits per heavy atom. The lowest BCUT2D eigenvalue weighted by Gasteiger charge is -2.29. The number of nitrogens with one attached hydrogen (secondary N) is 1. The highest BCUT2D eigenvalue weighted by atomic mass is 16.5. The summed E-state index contributed by atoms with van der Waals surface area (Å²) >= 11 is 0. The zero-order valence-corrected chi connectivity index (χ0v) is 18.3. The molecule has 2 aromatic heterocycles. The summed E-state index contributed by atoms with van der Waals surface area (Å²) in [6, 6.07) is 10.8. The molecule has 1 aliphatic carbocycles. The topological polar surface area (TPSA) is 124 Å². The van der Waals surface area contributed by atoms with Crippen molar-refractivity contribution in [3.63, 3.8) is 0 Å². The number of rotatable bonds is 5. The van der Waals surface area contributed by atoms with Crippen LogP contribution in [0.15, 0.2) is 45.4 Å². The number of morpholine rings is 1. The first-order valence-electron chi connectivity index (χ1n) is 11.1. The molecule has 3 aromatic rings. The normalized spacial score (nSPS) is 22.9. The predicted molar refractivity (Wildman–Crippen MR) is 115 cm³/mol. The second-order valence-corrected chi connectivity index (χ2v) is 8.44. The maximum absolute atomic E-state index is 13.2. The third-order valence-corrected chi connectivity index (χ3v) is 6.20. The Balaban J connectivity index is 1.38. The fourth-order valence-corrected chi connectivity index (χ4v) is 4.52. The van der Waals surface area contributed by atoms with Crippen LogP contribution in [0.5, 0.6) is 0 Å². The largest absolute Gasteiger partial charge is 0.378 e. The van der Waals surface area contributed by atoms with Gasteiger partial charge in [0.1, 0.15) is 5.76 Å². The minimum Gasteiger partial charge on any atom is -0.378 e. The van der Waals surface area contributed by atoms with E-state index in [2.05, 4.69) is 20.6 Å². The number of benzene rings is 1. The number of amides is 2. The molecular formula is C23H25N5O5. The van der Waals surface area contributed by atoms with E-state index in [4.69, 9.17) is 13.8 Å². The van der Waals surface area contributed by atoms with E-state index < -0.39 is 0 Å². The van der Waals surface area contributed by atoms with Crippen LogP contribution in [0, 0.1) is 12.8 Å². The second kappa shape index (κ2) is 9.14. The Bertz CT molecular complexity index is 1120. The molecule has 2 amide bonds. The Hall–Kier alpha value is -3.53. The van der Waals surface area contributed by atoms with Crippen LogP contribution in [0.2, 0.25) is 0 Å². The zero-order chi connectivity index (χ0) is 22.8. The van der Waals surface area contributed by atoms with Gasteiger partial charge in [0.15, 0.2) is 5.69 Å². The molecule has 1 aliphatic heterocycles. The molecule has 2 fully saturated rings. The number of hydrogen-bond donors (Lipinski definition) is 1. The summed E-state index contributed by atoms with van der Waals surface area (Å²) in [5, 5.41) is 10.9. The summed E-state index contributed by atoms with van der Waals surface area (Å²) in [5.41, 5.74) is 1.04. The number of carbonyl (C=O) groups is 2. The van der Waals surface area contributed by atoms with Gasteiger partial charge in [0.2, 0.25) is 17.6 Å². The lowest BCUT2D eigenvalue weighted by Crippen LogP contribution is -2.43. The molecule has 172 valence electrons. The van der Waals surface area contributed by atoms with E-state index >= 15 is 0 Å². The number of aromatic nitrogens is 3. The summed E-state index contributed by atoms with van der Waals surface area (Å²) in [5.74, 6) is 0.599. The van der Waals surface area contributed by atoms with Gasteiger partial charge < -0.3 is 24.0 Å². The first kappa shape index (κ1) is 21.3. The van der Waals surface area contributed by atoms with Gasteiger partial charge >= 0.3 is 0 Å². The van der Waals surface area contributed by atoms with Gasteiger partial charge in [-0.05, 0) is 19.8 Å². The Kier molecular flexibility index (Phi) is 5.91. The third kappa shape index (κ3) is 4.51.